The third kappa shape index (κ3) is 1.39. The van der Waals surface area contributed by atoms with Gasteiger partial charge in [0.25, 0.3) is 0 Å². The molecule has 2 bridgehead atoms. The smallest absolute Gasteiger partial charge is 0.133 e. The molecule has 0 aliphatic carbocycles. The Kier molecular flexibility index (Phi) is 2.07. The number of hydrogen-bond donors (Lipinski definition) is 1. The topological polar surface area (TPSA) is 29.3 Å². The van der Waals surface area contributed by atoms with Crippen LogP contribution in [-0.4, -0.2) is 27.4 Å². The van der Waals surface area contributed by atoms with Crippen LogP contribution in [0, 0.1) is 5.92 Å². The number of halogens is 2. The Morgan fingerprint density at radius 3 is 2.45 bits per heavy atom. The van der Waals surface area contributed by atoms with Crippen LogP contribution in [0.3, 0.4) is 0 Å². The number of rotatable bonds is 0. The number of hydrogen-bond acceptors (Lipinski definition) is 2. The standard InChI is InChI=1S/C7H12Br2N2/c8-7(9)3-5-1-2-11(7)4-6(5)10/h5-6H,1-4,10H2. The molecule has 2 nitrogen and oxygen atoms in total. The van der Waals surface area contributed by atoms with Gasteiger partial charge in [0.05, 0.1) is 0 Å². The van der Waals surface area contributed by atoms with Gasteiger partial charge in [-0.05, 0) is 18.8 Å². The summed E-state index contributed by atoms with van der Waals surface area (Å²) in [7, 11) is 0. The summed E-state index contributed by atoms with van der Waals surface area (Å²) in [6.45, 7) is 2.20. The number of fused-ring (bicyclic) bond motifs is 3. The fourth-order valence-corrected chi connectivity index (χ4v) is 3.50. The zero-order valence-electron chi connectivity index (χ0n) is 6.26. The fourth-order valence-electron chi connectivity index (χ4n) is 2.03. The third-order valence-corrected chi connectivity index (χ3v) is 4.43. The molecule has 3 unspecified atom stereocenters. The van der Waals surface area contributed by atoms with E-state index in [0.717, 1.165) is 13.0 Å². The lowest BCUT2D eigenvalue weighted by molar-refractivity contribution is 0.0640. The molecule has 0 radical (unpaired) electrons. The first-order valence-corrected chi connectivity index (χ1v) is 5.56. The van der Waals surface area contributed by atoms with Gasteiger partial charge in [-0.3, -0.25) is 4.90 Å². The van der Waals surface area contributed by atoms with Crippen molar-refractivity contribution in [2.45, 2.75) is 22.2 Å². The van der Waals surface area contributed by atoms with Crippen molar-refractivity contribution >= 4 is 31.9 Å². The lowest BCUT2D eigenvalue weighted by Crippen LogP contribution is -2.60. The molecule has 2 N–H and O–H groups in total. The molecule has 0 aromatic rings. The van der Waals surface area contributed by atoms with Crippen LogP contribution in [0.2, 0.25) is 0 Å². The van der Waals surface area contributed by atoms with Gasteiger partial charge >= 0.3 is 0 Å². The Morgan fingerprint density at radius 1 is 1.45 bits per heavy atom. The van der Waals surface area contributed by atoms with Crippen molar-refractivity contribution in [2.24, 2.45) is 11.7 Å². The van der Waals surface area contributed by atoms with E-state index in [1.807, 2.05) is 0 Å². The van der Waals surface area contributed by atoms with Crippen LogP contribution >= 0.6 is 31.9 Å². The average Bonchev–Trinajstić information content (AvgIpc) is 1.90. The normalized spacial score (nSPS) is 47.7. The highest BCUT2D eigenvalue weighted by atomic mass is 79.9. The maximum Gasteiger partial charge on any atom is 0.133 e. The molecule has 3 atom stereocenters. The van der Waals surface area contributed by atoms with Gasteiger partial charge in [-0.25, -0.2) is 0 Å². The monoisotopic (exact) mass is 282 g/mol. The van der Waals surface area contributed by atoms with Crippen LogP contribution in [-0.2, 0) is 0 Å². The van der Waals surface area contributed by atoms with Crippen molar-refractivity contribution in [2.75, 3.05) is 13.1 Å². The molecule has 3 rings (SSSR count). The van der Waals surface area contributed by atoms with Crippen molar-refractivity contribution in [1.29, 1.82) is 0 Å². The molecule has 3 saturated heterocycles. The van der Waals surface area contributed by atoms with Crippen LogP contribution in [0.5, 0.6) is 0 Å². The number of nitrogens with zero attached hydrogens (tertiary/aromatic N) is 1. The summed E-state index contributed by atoms with van der Waals surface area (Å²) in [6.07, 6.45) is 2.40. The summed E-state index contributed by atoms with van der Waals surface area (Å²) in [5.74, 6) is 0.707. The van der Waals surface area contributed by atoms with Gasteiger partial charge in [0, 0.05) is 19.1 Å². The van der Waals surface area contributed by atoms with E-state index in [9.17, 15) is 0 Å². The van der Waals surface area contributed by atoms with Gasteiger partial charge in [-0.15, -0.1) is 0 Å². The molecule has 64 valence electrons. The van der Waals surface area contributed by atoms with E-state index < -0.39 is 0 Å². The molecule has 0 aromatic heterocycles. The first-order valence-electron chi connectivity index (χ1n) is 3.98. The molecular weight excluding hydrogens is 272 g/mol. The molecule has 4 heteroatoms. The molecule has 3 aliphatic heterocycles. The minimum Gasteiger partial charge on any atom is -0.326 e. The Morgan fingerprint density at radius 2 is 2.18 bits per heavy atom. The highest BCUT2D eigenvalue weighted by Gasteiger charge is 2.45. The zero-order chi connectivity index (χ0) is 8.06. The molecule has 0 aromatic carbocycles. The number of alkyl halides is 2. The second-order valence-corrected chi connectivity index (χ2v) is 7.22. The van der Waals surface area contributed by atoms with E-state index in [-0.39, 0.29) is 3.36 Å². The van der Waals surface area contributed by atoms with E-state index in [1.54, 1.807) is 0 Å². The highest BCUT2D eigenvalue weighted by Crippen LogP contribution is 2.46. The lowest BCUT2D eigenvalue weighted by Gasteiger charge is -2.51. The average molecular weight is 284 g/mol. The predicted molar refractivity (Wildman–Crippen MR) is 52.9 cm³/mol. The van der Waals surface area contributed by atoms with Crippen LogP contribution in [0.15, 0.2) is 0 Å². The predicted octanol–water partition coefficient (Wildman–Crippen LogP) is 1.48. The Bertz CT molecular complexity index is 172. The van der Waals surface area contributed by atoms with Gasteiger partial charge in [0.1, 0.15) is 3.36 Å². The van der Waals surface area contributed by atoms with Gasteiger partial charge < -0.3 is 5.73 Å². The summed E-state index contributed by atoms with van der Waals surface area (Å²) in [5, 5.41) is 0. The third-order valence-electron chi connectivity index (χ3n) is 2.78. The molecule has 0 spiro atoms. The molecule has 0 amide bonds. The van der Waals surface area contributed by atoms with Crippen LogP contribution in [0.4, 0.5) is 0 Å². The highest BCUT2D eigenvalue weighted by molar-refractivity contribution is 9.25. The van der Waals surface area contributed by atoms with Crippen molar-refractivity contribution in [3.8, 4) is 0 Å². The van der Waals surface area contributed by atoms with Crippen molar-refractivity contribution in [3.05, 3.63) is 0 Å². The van der Waals surface area contributed by atoms with E-state index in [4.69, 9.17) is 5.73 Å². The van der Waals surface area contributed by atoms with E-state index >= 15 is 0 Å². The molecule has 3 aliphatic rings. The molecule has 3 heterocycles. The summed E-state index contributed by atoms with van der Waals surface area (Å²) in [4.78, 5) is 2.37. The molecular formula is C7H12Br2N2. The Balaban J connectivity index is 2.16. The van der Waals surface area contributed by atoms with Crippen molar-refractivity contribution < 1.29 is 0 Å². The SMILES string of the molecule is NC1CN2CCC1CC2(Br)Br. The van der Waals surface area contributed by atoms with Gasteiger partial charge in [0.15, 0.2) is 0 Å². The summed E-state index contributed by atoms with van der Waals surface area (Å²) >= 11 is 7.33. The van der Waals surface area contributed by atoms with Gasteiger partial charge in [0.2, 0.25) is 0 Å². The maximum atomic E-state index is 5.96. The van der Waals surface area contributed by atoms with Crippen LogP contribution in [0.25, 0.3) is 0 Å². The minimum atomic E-state index is 0.0544. The second kappa shape index (κ2) is 2.69. The van der Waals surface area contributed by atoms with E-state index in [0.29, 0.717) is 12.0 Å². The zero-order valence-corrected chi connectivity index (χ0v) is 9.44. The summed E-state index contributed by atoms with van der Waals surface area (Å²) in [5.41, 5.74) is 5.96. The van der Waals surface area contributed by atoms with Crippen LogP contribution in [0.1, 0.15) is 12.8 Å². The van der Waals surface area contributed by atoms with E-state index in [2.05, 4.69) is 36.8 Å². The first-order chi connectivity index (χ1) is 5.09. The summed E-state index contributed by atoms with van der Waals surface area (Å²) < 4.78 is 0.0544. The van der Waals surface area contributed by atoms with Gasteiger partial charge in [-0.2, -0.15) is 0 Å². The van der Waals surface area contributed by atoms with E-state index in [1.165, 1.54) is 13.0 Å². The molecule has 3 fully saturated rings. The maximum absolute atomic E-state index is 5.96. The van der Waals surface area contributed by atoms with Gasteiger partial charge in [-0.1, -0.05) is 31.9 Å². The van der Waals surface area contributed by atoms with Crippen molar-refractivity contribution in [3.63, 3.8) is 0 Å². The fraction of sp³-hybridized carbons (Fsp3) is 1.00. The summed E-state index contributed by atoms with van der Waals surface area (Å²) in [6, 6.07) is 0.395. The number of piperidine rings is 3. The second-order valence-electron chi connectivity index (χ2n) is 3.53. The lowest BCUT2D eigenvalue weighted by atomic mass is 9.84. The molecule has 11 heavy (non-hydrogen) atoms. The Labute approximate surface area is 83.8 Å². The van der Waals surface area contributed by atoms with Crippen LogP contribution < -0.4 is 5.73 Å². The Hall–Kier alpha value is 0.880. The molecule has 0 saturated carbocycles. The quantitative estimate of drug-likeness (QED) is 0.539. The largest absolute Gasteiger partial charge is 0.326 e. The van der Waals surface area contributed by atoms with Crippen molar-refractivity contribution in [1.82, 2.24) is 4.90 Å². The minimum absolute atomic E-state index is 0.0544. The number of nitrogens with two attached hydrogens (primary N) is 1. The first kappa shape index (κ1) is 8.48.